The summed E-state index contributed by atoms with van der Waals surface area (Å²) in [6.07, 6.45) is 2.55. The zero-order chi connectivity index (χ0) is 75.9. The molecule has 11 amide bonds. The van der Waals surface area contributed by atoms with Gasteiger partial charge in [-0.1, -0.05) is 109 Å². The van der Waals surface area contributed by atoms with Crippen molar-refractivity contribution in [3.8, 4) is 0 Å². The number of amides is 11. The topological polar surface area (TPSA) is 341 Å². The zero-order valence-electron chi connectivity index (χ0n) is 64.4. The molecule has 8 N–H and O–H groups in total. The fraction of sp³-hybridized carbons (Fsp3) is 0.817. The first-order valence-corrected chi connectivity index (χ1v) is 35.2. The molecule has 0 aromatic rings. The molecule has 0 bridgehead atoms. The van der Waals surface area contributed by atoms with E-state index in [-0.39, 0.29) is 69.5 Å². The van der Waals surface area contributed by atoms with Crippen LogP contribution in [-0.4, -0.2) is 275 Å². The molecule has 1 rings (SSSR count). The highest BCUT2D eigenvalue weighted by molar-refractivity contribution is 6.00. The van der Waals surface area contributed by atoms with Gasteiger partial charge < -0.3 is 80.9 Å². The first-order chi connectivity index (χ1) is 45.2. The maximum atomic E-state index is 15.4. The number of carbonyl (C=O) groups excluding carboxylic acids is 11. The molecule has 13 atom stereocenters. The summed E-state index contributed by atoms with van der Waals surface area (Å²) in [4.78, 5) is 172. The Balaban J connectivity index is 4.57. The summed E-state index contributed by atoms with van der Waals surface area (Å²) in [5.74, 6) is -10.8. The molecule has 1 heterocycles. The van der Waals surface area contributed by atoms with Gasteiger partial charge in [0.05, 0.1) is 18.3 Å². The van der Waals surface area contributed by atoms with Gasteiger partial charge in [-0.05, 0) is 115 Å². The minimum Gasteiger partial charge on any atom is -0.396 e. The second-order valence-electron chi connectivity index (χ2n) is 30.6. The highest BCUT2D eigenvalue weighted by Gasteiger charge is 2.47. The van der Waals surface area contributed by atoms with Crippen molar-refractivity contribution in [3.63, 3.8) is 0 Å². The molecule has 0 radical (unpaired) electrons. The Morgan fingerprint density at radius 3 is 1.46 bits per heavy atom. The highest BCUT2D eigenvalue weighted by atomic mass is 16.5. The Labute approximate surface area is 586 Å². The van der Waals surface area contributed by atoms with E-state index in [1.54, 1.807) is 60.6 Å². The van der Waals surface area contributed by atoms with Gasteiger partial charge in [-0.3, -0.25) is 52.7 Å². The molecular weight excluding hydrogens is 1260 g/mol. The van der Waals surface area contributed by atoms with E-state index in [2.05, 4.69) is 26.6 Å². The number of aliphatic hydroxyl groups is 3. The number of carbonyl (C=O) groups is 11. The van der Waals surface area contributed by atoms with Crippen molar-refractivity contribution in [3.05, 3.63) is 12.2 Å². The van der Waals surface area contributed by atoms with Gasteiger partial charge in [-0.15, -0.1) is 0 Å². The predicted molar refractivity (Wildman–Crippen MR) is 378 cm³/mol. The third kappa shape index (κ3) is 26.7. The molecule has 1 aliphatic heterocycles. The summed E-state index contributed by atoms with van der Waals surface area (Å²) in [5, 5.41) is 47.8. The van der Waals surface area contributed by atoms with Crippen molar-refractivity contribution in [2.24, 2.45) is 40.9 Å². The lowest BCUT2D eigenvalue weighted by atomic mass is 9.91. The second kappa shape index (κ2) is 40.8. The van der Waals surface area contributed by atoms with Crippen molar-refractivity contribution in [1.82, 2.24) is 60.9 Å². The average molecular weight is 1390 g/mol. The number of likely N-dealkylation sites (N-methyl/N-ethyl adjacent to an activating group) is 7. The monoisotopic (exact) mass is 1390 g/mol. The Morgan fingerprint density at radius 2 is 0.980 bits per heavy atom. The number of ether oxygens (including phenoxy) is 1. The second-order valence-corrected chi connectivity index (χ2v) is 30.6. The normalized spacial score (nSPS) is 26.0. The molecule has 0 aromatic carbocycles. The van der Waals surface area contributed by atoms with Crippen LogP contribution in [0, 0.1) is 40.9 Å². The predicted octanol–water partition coefficient (Wildman–Crippen LogP) is 2.77. The molecule has 1 fully saturated rings. The number of rotatable bonds is 24. The number of allylic oxidation sites excluding steroid dienone is 2. The minimum atomic E-state index is -1.70. The van der Waals surface area contributed by atoms with Crippen LogP contribution in [0.4, 0.5) is 0 Å². The largest absolute Gasteiger partial charge is 0.396 e. The van der Waals surface area contributed by atoms with Gasteiger partial charge in [-0.25, -0.2) is 0 Å². The smallest absolute Gasteiger partial charge is 0.248 e. The summed E-state index contributed by atoms with van der Waals surface area (Å²) in [7, 11) is 9.66. The van der Waals surface area contributed by atoms with Crippen LogP contribution in [0.15, 0.2) is 12.2 Å². The lowest BCUT2D eigenvalue weighted by Crippen LogP contribution is -2.64. The van der Waals surface area contributed by atoms with Crippen molar-refractivity contribution in [2.45, 2.75) is 255 Å². The molecule has 27 heteroatoms. The van der Waals surface area contributed by atoms with E-state index in [9.17, 15) is 39.3 Å². The molecule has 98 heavy (non-hydrogen) atoms. The lowest BCUT2D eigenvalue weighted by Gasteiger charge is -2.41. The van der Waals surface area contributed by atoms with Crippen LogP contribution in [0.25, 0.3) is 0 Å². The Morgan fingerprint density at radius 1 is 0.531 bits per heavy atom. The van der Waals surface area contributed by atoms with Crippen LogP contribution in [-0.2, 0) is 57.5 Å². The van der Waals surface area contributed by atoms with Crippen molar-refractivity contribution >= 4 is 65.0 Å². The van der Waals surface area contributed by atoms with Gasteiger partial charge in [0.1, 0.15) is 66.5 Å². The van der Waals surface area contributed by atoms with E-state index < -0.39 is 173 Å². The average Bonchev–Trinajstić information content (AvgIpc) is 0.804. The van der Waals surface area contributed by atoms with E-state index in [0.717, 1.165) is 14.7 Å². The number of hydrogen-bond acceptors (Lipinski definition) is 16. The van der Waals surface area contributed by atoms with Crippen LogP contribution < -0.4 is 26.6 Å². The van der Waals surface area contributed by atoms with E-state index in [0.29, 0.717) is 19.5 Å². The van der Waals surface area contributed by atoms with Gasteiger partial charge in [0.25, 0.3) is 0 Å². The molecule has 0 spiro atoms. The summed E-state index contributed by atoms with van der Waals surface area (Å²) >= 11 is 0. The summed E-state index contributed by atoms with van der Waals surface area (Å²) < 4.78 is 6.15. The molecule has 1 aliphatic rings. The number of nitrogens with one attached hydrogen (secondary N) is 5. The van der Waals surface area contributed by atoms with Gasteiger partial charge in [0.15, 0.2) is 0 Å². The van der Waals surface area contributed by atoms with E-state index in [4.69, 9.17) is 4.74 Å². The molecule has 27 nitrogen and oxygen atoms in total. The molecule has 0 unspecified atom stereocenters. The summed E-state index contributed by atoms with van der Waals surface area (Å²) in [6.45, 7) is 33.0. The molecule has 0 aliphatic carbocycles. The molecule has 564 valence electrons. The van der Waals surface area contributed by atoms with Gasteiger partial charge in [0, 0.05) is 80.9 Å². The van der Waals surface area contributed by atoms with Crippen molar-refractivity contribution in [2.75, 3.05) is 82.2 Å². The van der Waals surface area contributed by atoms with Crippen LogP contribution >= 0.6 is 0 Å². The van der Waals surface area contributed by atoms with Gasteiger partial charge in [-0.2, -0.15) is 0 Å². The maximum absolute atomic E-state index is 15.4. The fourth-order valence-electron chi connectivity index (χ4n) is 12.0. The Kier molecular flexibility index (Phi) is 37.4. The third-order valence-corrected chi connectivity index (χ3v) is 18.3. The van der Waals surface area contributed by atoms with Crippen LogP contribution in [0.1, 0.15) is 176 Å². The maximum Gasteiger partial charge on any atom is 0.248 e. The number of hydrogen-bond donors (Lipinski definition) is 8. The Hall–Kier alpha value is -6.29. The minimum absolute atomic E-state index is 0.0554. The van der Waals surface area contributed by atoms with Crippen LogP contribution in [0.3, 0.4) is 0 Å². The first kappa shape index (κ1) is 89.7. The van der Waals surface area contributed by atoms with Crippen molar-refractivity contribution < 1.29 is 72.8 Å². The van der Waals surface area contributed by atoms with Gasteiger partial charge >= 0.3 is 0 Å². The van der Waals surface area contributed by atoms with E-state index >= 15 is 28.8 Å². The SMILES string of the molecule is CC=CC[C@@H](C)[C@@H](O)[C@H]1C(=O)N[C@@H](CC)C(=O)N(C)[C@H](COCCCNCC(C)(C)CO)C(=O)N(C)[C@@H](CC(C)(C)O)C(=O)N[C@@H](C(C)C)C(=O)N(C)[C@@H](CC(C)C)C(=O)N[C@@H](C)C(=O)N[C@H](C)C(=O)N(C)[C@@H](CC(C)C)C(=O)N(C)[C@@H](CC(C)C)C(=O)N(C)[C@@H](C(C)C)C(=O)N1C. The summed E-state index contributed by atoms with van der Waals surface area (Å²) in [6, 6.07) is -14.9. The Bertz CT molecular complexity index is 2660. The number of aliphatic hydroxyl groups excluding tert-OH is 2. The standard InChI is InChI=1S/C71H130N12O15/c1-27-29-31-46(13)58(85)57-62(89)75-49(28-2)64(91)81(24)54(38-98-33-30-32-72-39-70(16,17)40-84)67(94)80(23)53(37-71(18,19)97)61(88)76-55(44(9)10)68(95)77(20)50(34-41(3)4)60(87)73-47(14)59(86)74-48(15)63(90)78(21)51(35-42(5)6)65(92)79(22)52(36-43(7)8)66(93)82(25)56(45(11)12)69(96)83(57)26/h27,29,41-58,72,84-85,97H,28,30-40H2,1-26H3,(H,73,87)(H,74,86)(H,75,89)(H,76,88)/t46-,47+,48-,49+,50+,51+,52+,53+,54-,55+,56+,57+,58-/m1/s1. The highest BCUT2D eigenvalue weighted by Crippen LogP contribution is 2.27. The molecule has 1 saturated heterocycles. The van der Waals surface area contributed by atoms with E-state index in [1.807, 2.05) is 55.4 Å². The van der Waals surface area contributed by atoms with Crippen LogP contribution in [0.5, 0.6) is 0 Å². The number of nitrogens with zero attached hydrogens (tertiary/aromatic N) is 7. The molecular formula is C71H130N12O15. The molecule has 0 aromatic heterocycles. The fourth-order valence-corrected chi connectivity index (χ4v) is 12.0. The van der Waals surface area contributed by atoms with Gasteiger partial charge in [0.2, 0.25) is 65.0 Å². The molecule has 0 saturated carbocycles. The van der Waals surface area contributed by atoms with Crippen molar-refractivity contribution in [1.29, 1.82) is 0 Å². The van der Waals surface area contributed by atoms with E-state index in [1.165, 1.54) is 96.6 Å². The summed E-state index contributed by atoms with van der Waals surface area (Å²) in [5.41, 5.74) is -2.04. The first-order valence-electron chi connectivity index (χ1n) is 35.2. The third-order valence-electron chi connectivity index (χ3n) is 18.3. The lowest BCUT2D eigenvalue weighted by molar-refractivity contribution is -0.157. The van der Waals surface area contributed by atoms with Crippen LogP contribution in [0.2, 0.25) is 0 Å². The zero-order valence-corrected chi connectivity index (χ0v) is 64.4. The quantitative estimate of drug-likeness (QED) is 0.0509.